The van der Waals surface area contributed by atoms with Gasteiger partial charge in [0.1, 0.15) is 0 Å². The van der Waals surface area contributed by atoms with E-state index in [0.29, 0.717) is 0 Å². The molecule has 0 amide bonds. The summed E-state index contributed by atoms with van der Waals surface area (Å²) in [6.07, 6.45) is -0.471. The Morgan fingerprint density at radius 1 is 1.50 bits per heavy atom. The second-order valence-electron chi connectivity index (χ2n) is 3.09. The van der Waals surface area contributed by atoms with Crippen molar-refractivity contribution in [2.45, 2.75) is 6.16 Å². The van der Waals surface area contributed by atoms with Gasteiger partial charge in [-0.15, -0.1) is 0 Å². The van der Waals surface area contributed by atoms with E-state index in [1.807, 2.05) is 0 Å². The molecule has 0 aliphatic carbocycles. The van der Waals surface area contributed by atoms with E-state index in [4.69, 9.17) is 14.5 Å². The number of benzene rings is 1. The smallest absolute Gasteiger partial charge is 0.329 e. The number of nitro groups is 1. The minimum atomic E-state index is -4.18. The maximum Gasteiger partial charge on any atom is 0.329 e. The fourth-order valence-corrected chi connectivity index (χ4v) is 1.88. The molecule has 0 aromatic heterocycles. The first kappa shape index (κ1) is 12.6. The molecule has 8 heteroatoms. The number of ether oxygens (including phenoxy) is 1. The molecular formula is C8H10NO6P. The molecule has 0 unspecified atom stereocenters. The maximum absolute atomic E-state index is 10.7. The monoisotopic (exact) mass is 247 g/mol. The molecule has 88 valence electrons. The Kier molecular flexibility index (Phi) is 3.64. The van der Waals surface area contributed by atoms with Crippen LogP contribution in [0.5, 0.6) is 5.75 Å². The van der Waals surface area contributed by atoms with Crippen molar-refractivity contribution in [1.29, 1.82) is 0 Å². The molecule has 0 radical (unpaired) electrons. The molecule has 0 atom stereocenters. The van der Waals surface area contributed by atoms with Crippen LogP contribution in [0, 0.1) is 10.1 Å². The van der Waals surface area contributed by atoms with Crippen molar-refractivity contribution >= 4 is 13.3 Å². The van der Waals surface area contributed by atoms with Crippen LogP contribution in [0.4, 0.5) is 5.69 Å². The number of methoxy groups -OCH3 is 1. The van der Waals surface area contributed by atoms with Gasteiger partial charge in [0.05, 0.1) is 18.2 Å². The lowest BCUT2D eigenvalue weighted by Gasteiger charge is -2.06. The van der Waals surface area contributed by atoms with E-state index in [-0.39, 0.29) is 17.0 Å². The normalized spacial score (nSPS) is 11.2. The van der Waals surface area contributed by atoms with Gasteiger partial charge in [-0.3, -0.25) is 14.7 Å². The Balaban J connectivity index is 3.09. The van der Waals surface area contributed by atoms with Gasteiger partial charge in [0, 0.05) is 6.07 Å². The fourth-order valence-electron chi connectivity index (χ4n) is 1.21. The lowest BCUT2D eigenvalue weighted by Crippen LogP contribution is -1.95. The van der Waals surface area contributed by atoms with Crippen LogP contribution in [0.2, 0.25) is 0 Å². The predicted molar refractivity (Wildman–Crippen MR) is 55.4 cm³/mol. The zero-order valence-corrected chi connectivity index (χ0v) is 9.26. The lowest BCUT2D eigenvalue weighted by molar-refractivity contribution is -0.385. The second-order valence-corrected chi connectivity index (χ2v) is 4.73. The highest BCUT2D eigenvalue weighted by atomic mass is 31.2. The quantitative estimate of drug-likeness (QED) is 0.471. The van der Waals surface area contributed by atoms with E-state index < -0.39 is 18.7 Å². The van der Waals surface area contributed by atoms with Crippen LogP contribution in [-0.2, 0) is 10.7 Å². The summed E-state index contributed by atoms with van der Waals surface area (Å²) >= 11 is 0. The molecule has 0 fully saturated rings. The highest BCUT2D eigenvalue weighted by Gasteiger charge is 2.19. The van der Waals surface area contributed by atoms with Crippen molar-refractivity contribution in [2.24, 2.45) is 0 Å². The Bertz CT molecular complexity index is 454. The van der Waals surface area contributed by atoms with Crippen LogP contribution < -0.4 is 4.74 Å². The van der Waals surface area contributed by atoms with Crippen LogP contribution in [0.25, 0.3) is 0 Å². The molecule has 0 saturated carbocycles. The van der Waals surface area contributed by atoms with Crippen molar-refractivity contribution in [3.8, 4) is 5.75 Å². The van der Waals surface area contributed by atoms with Gasteiger partial charge in [-0.1, -0.05) is 6.07 Å². The van der Waals surface area contributed by atoms with E-state index in [1.165, 1.54) is 19.2 Å². The van der Waals surface area contributed by atoms with E-state index in [2.05, 4.69) is 0 Å². The Hall–Kier alpha value is -1.43. The van der Waals surface area contributed by atoms with Gasteiger partial charge in [0.2, 0.25) is 0 Å². The number of rotatable bonds is 4. The number of nitrogens with zero attached hydrogens (tertiary/aromatic N) is 1. The first-order valence-electron chi connectivity index (χ1n) is 4.19. The molecule has 1 aromatic rings. The summed E-state index contributed by atoms with van der Waals surface area (Å²) in [5.41, 5.74) is 0.0488. The van der Waals surface area contributed by atoms with Crippen LogP contribution in [0.15, 0.2) is 18.2 Å². The lowest BCUT2D eigenvalue weighted by atomic mass is 10.2. The van der Waals surface area contributed by atoms with E-state index in [9.17, 15) is 14.7 Å². The minimum absolute atomic E-state index is 0.0176. The van der Waals surface area contributed by atoms with Crippen molar-refractivity contribution in [2.75, 3.05) is 7.11 Å². The summed E-state index contributed by atoms with van der Waals surface area (Å²) < 4.78 is 15.5. The predicted octanol–water partition coefficient (Wildman–Crippen LogP) is 1.28. The van der Waals surface area contributed by atoms with Gasteiger partial charge < -0.3 is 14.5 Å². The largest absolute Gasteiger partial charge is 0.490 e. The standard InChI is InChI=1S/C8H10NO6P/c1-15-8-4-6(5-16(12,13)14)2-3-7(8)9(10)11/h2-4H,5H2,1H3,(H2,12,13,14). The third kappa shape index (κ3) is 3.30. The highest BCUT2D eigenvalue weighted by Crippen LogP contribution is 2.40. The van der Waals surface area contributed by atoms with Crippen LogP contribution in [0.1, 0.15) is 5.56 Å². The maximum atomic E-state index is 10.7. The third-order valence-corrected chi connectivity index (χ3v) is 2.61. The second kappa shape index (κ2) is 4.61. The third-order valence-electron chi connectivity index (χ3n) is 1.83. The SMILES string of the molecule is COc1cc(CP(=O)(O)O)ccc1[N+](=O)[O-]. The number of nitro benzene ring substituents is 1. The molecule has 7 nitrogen and oxygen atoms in total. The average molecular weight is 247 g/mol. The molecular weight excluding hydrogens is 237 g/mol. The summed E-state index contributed by atoms with van der Waals surface area (Å²) in [6, 6.07) is 3.70. The average Bonchev–Trinajstić information content (AvgIpc) is 2.14. The zero-order valence-electron chi connectivity index (χ0n) is 8.36. The van der Waals surface area contributed by atoms with Gasteiger partial charge in [-0.25, -0.2) is 0 Å². The fraction of sp³-hybridized carbons (Fsp3) is 0.250. The number of hydrogen-bond acceptors (Lipinski definition) is 4. The summed E-state index contributed by atoms with van der Waals surface area (Å²) in [4.78, 5) is 27.4. The molecule has 0 spiro atoms. The summed E-state index contributed by atoms with van der Waals surface area (Å²) in [7, 11) is -2.93. The van der Waals surface area contributed by atoms with Gasteiger partial charge in [-0.2, -0.15) is 0 Å². The molecule has 1 aromatic carbocycles. The van der Waals surface area contributed by atoms with Crippen molar-refractivity contribution in [3.63, 3.8) is 0 Å². The van der Waals surface area contributed by atoms with Gasteiger partial charge in [-0.05, 0) is 11.6 Å². The summed E-state index contributed by atoms with van der Waals surface area (Å²) in [5, 5.41) is 10.5. The molecule has 0 aliphatic rings. The summed E-state index contributed by atoms with van der Waals surface area (Å²) in [5.74, 6) is -0.0176. The molecule has 0 bridgehead atoms. The zero-order chi connectivity index (χ0) is 12.3. The van der Waals surface area contributed by atoms with Crippen molar-refractivity contribution in [1.82, 2.24) is 0 Å². The van der Waals surface area contributed by atoms with Gasteiger partial charge in [0.15, 0.2) is 5.75 Å². The number of hydrogen-bond donors (Lipinski definition) is 2. The van der Waals surface area contributed by atoms with Crippen molar-refractivity contribution < 1.29 is 24.0 Å². The van der Waals surface area contributed by atoms with Gasteiger partial charge in [0.25, 0.3) is 0 Å². The Morgan fingerprint density at radius 3 is 2.56 bits per heavy atom. The van der Waals surface area contributed by atoms with Crippen LogP contribution in [0.3, 0.4) is 0 Å². The topological polar surface area (TPSA) is 110 Å². The molecule has 1 rings (SSSR count). The Labute approximate surface area is 91.0 Å². The molecule has 2 N–H and O–H groups in total. The summed E-state index contributed by atoms with van der Waals surface area (Å²) in [6.45, 7) is 0. The van der Waals surface area contributed by atoms with Gasteiger partial charge >= 0.3 is 13.3 Å². The first-order chi connectivity index (χ1) is 7.33. The first-order valence-corrected chi connectivity index (χ1v) is 5.99. The van der Waals surface area contributed by atoms with Crippen molar-refractivity contribution in [3.05, 3.63) is 33.9 Å². The molecule has 0 heterocycles. The molecule has 0 aliphatic heterocycles. The Morgan fingerprint density at radius 2 is 2.12 bits per heavy atom. The van der Waals surface area contributed by atoms with Crippen LogP contribution >= 0.6 is 7.60 Å². The molecule has 0 saturated heterocycles. The van der Waals surface area contributed by atoms with Crippen LogP contribution in [-0.4, -0.2) is 21.8 Å². The van der Waals surface area contributed by atoms with E-state index in [1.54, 1.807) is 0 Å². The highest BCUT2D eigenvalue weighted by molar-refractivity contribution is 7.50. The molecule has 16 heavy (non-hydrogen) atoms. The minimum Gasteiger partial charge on any atom is -0.490 e. The van der Waals surface area contributed by atoms with E-state index in [0.717, 1.165) is 6.07 Å². The van der Waals surface area contributed by atoms with E-state index >= 15 is 0 Å².